The second-order valence-corrected chi connectivity index (χ2v) is 10.1. The number of alkyl halides is 1. The number of imidazole rings is 1. The molecule has 0 aliphatic heterocycles. The van der Waals surface area contributed by atoms with E-state index in [2.05, 4.69) is 4.98 Å². The fourth-order valence-corrected chi connectivity index (χ4v) is 4.78. The van der Waals surface area contributed by atoms with E-state index in [1.807, 2.05) is 0 Å². The lowest BCUT2D eigenvalue weighted by Crippen LogP contribution is -2.23. The minimum atomic E-state index is -3.93. The third kappa shape index (κ3) is 6.75. The van der Waals surface area contributed by atoms with Crippen molar-refractivity contribution in [2.24, 2.45) is 0 Å². The van der Waals surface area contributed by atoms with Gasteiger partial charge in [0.05, 0.1) is 38.6 Å². The highest BCUT2D eigenvalue weighted by Gasteiger charge is 2.21. The summed E-state index contributed by atoms with van der Waals surface area (Å²) in [5.74, 6) is 0.449. The van der Waals surface area contributed by atoms with Crippen LogP contribution in [0.1, 0.15) is 0 Å². The summed E-state index contributed by atoms with van der Waals surface area (Å²) in [4.78, 5) is 3.79. The molecule has 0 spiro atoms. The smallest absolute Gasteiger partial charge is 0.206 e. The van der Waals surface area contributed by atoms with E-state index in [4.69, 9.17) is 44.3 Å². The van der Waals surface area contributed by atoms with Gasteiger partial charge in [0.15, 0.2) is 0 Å². The van der Waals surface area contributed by atoms with Gasteiger partial charge >= 0.3 is 0 Å². The zero-order valence-electron chi connectivity index (χ0n) is 17.1. The molecule has 2 atom stereocenters. The molecule has 3 aromatic rings. The number of rotatable bonds is 11. The molecule has 0 saturated heterocycles. The van der Waals surface area contributed by atoms with Gasteiger partial charge in [0.25, 0.3) is 0 Å². The molecule has 1 aromatic heterocycles. The fourth-order valence-electron chi connectivity index (χ4n) is 2.77. The third-order valence-electron chi connectivity index (χ3n) is 4.45. The van der Waals surface area contributed by atoms with Crippen LogP contribution in [0.15, 0.2) is 64.9 Å². The van der Waals surface area contributed by atoms with Crippen molar-refractivity contribution in [3.05, 3.63) is 65.2 Å². The Balaban J connectivity index is 1.69. The number of benzene rings is 2. The molecule has 0 amide bonds. The van der Waals surface area contributed by atoms with E-state index in [-0.39, 0.29) is 57.0 Å². The molecule has 0 aliphatic carbocycles. The van der Waals surface area contributed by atoms with Crippen LogP contribution in [0.3, 0.4) is 0 Å². The monoisotopic (exact) mass is 534 g/mol. The van der Waals surface area contributed by atoms with E-state index >= 15 is 0 Å². The maximum Gasteiger partial charge on any atom is 0.206 e. The number of hydrogen-bond donors (Lipinski definition) is 2. The second kappa shape index (κ2) is 11.4. The van der Waals surface area contributed by atoms with Crippen molar-refractivity contribution in [2.75, 3.05) is 19.1 Å². The molecule has 0 aliphatic rings. The Bertz CT molecular complexity index is 1170. The summed E-state index contributed by atoms with van der Waals surface area (Å²) in [5, 5.41) is 19.7. The molecule has 8 nitrogen and oxygen atoms in total. The Hall–Kier alpha value is -2.01. The number of ether oxygens (including phenoxy) is 2. The first-order chi connectivity index (χ1) is 15.7. The fraction of sp³-hybridized carbons (Fsp3) is 0.286. The van der Waals surface area contributed by atoms with Crippen molar-refractivity contribution >= 4 is 44.6 Å². The minimum absolute atomic E-state index is 0.00583. The van der Waals surface area contributed by atoms with Gasteiger partial charge in [0.2, 0.25) is 9.84 Å². The van der Waals surface area contributed by atoms with E-state index < -0.39 is 22.0 Å². The van der Waals surface area contributed by atoms with Crippen molar-refractivity contribution in [1.82, 2.24) is 9.55 Å². The summed E-state index contributed by atoms with van der Waals surface area (Å²) in [5.41, 5.74) is 0. The maximum absolute atomic E-state index is 13.0. The highest BCUT2D eigenvalue weighted by Crippen LogP contribution is 2.33. The molecular formula is C21H21Cl3N2O6S. The van der Waals surface area contributed by atoms with E-state index in [1.54, 1.807) is 23.3 Å². The first-order valence-corrected chi connectivity index (χ1v) is 12.5. The lowest BCUT2D eigenvalue weighted by Gasteiger charge is -2.15. The average molecular weight is 536 g/mol. The maximum atomic E-state index is 13.0. The standard InChI is InChI=1S/C21H21Cl3N2O6S/c22-9-14(27)11-31-20-3-1-16(7-18(20)23)33(29,30)17-2-4-21(19(24)8-17)32-12-15(28)10-26-6-5-25-13-26/h1-8,13-15,27-28H,9-12H2/t14-,15?/m0/s1. The predicted molar refractivity (Wildman–Crippen MR) is 124 cm³/mol. The lowest BCUT2D eigenvalue weighted by atomic mass is 10.3. The SMILES string of the molecule is O=S(=O)(c1ccc(OCC(O)Cn2ccnc2)c(Cl)c1)c1ccc(OC[C@@H](O)CCl)c(Cl)c1. The number of aliphatic hydroxyl groups is 2. The van der Waals surface area contributed by atoms with Crippen LogP contribution in [0, 0.1) is 0 Å². The van der Waals surface area contributed by atoms with Crippen molar-refractivity contribution in [1.29, 1.82) is 0 Å². The van der Waals surface area contributed by atoms with Crippen molar-refractivity contribution in [2.45, 2.75) is 28.5 Å². The van der Waals surface area contributed by atoms with Gasteiger partial charge in [-0.3, -0.25) is 0 Å². The largest absolute Gasteiger partial charge is 0.489 e. The zero-order chi connectivity index (χ0) is 24.0. The minimum Gasteiger partial charge on any atom is -0.489 e. The lowest BCUT2D eigenvalue weighted by molar-refractivity contribution is 0.0925. The molecule has 0 saturated carbocycles. The van der Waals surface area contributed by atoms with Gasteiger partial charge in [0, 0.05) is 12.4 Å². The van der Waals surface area contributed by atoms with Crippen LogP contribution in [0.25, 0.3) is 0 Å². The van der Waals surface area contributed by atoms with Crippen LogP contribution in [0.5, 0.6) is 11.5 Å². The van der Waals surface area contributed by atoms with Crippen LogP contribution >= 0.6 is 34.8 Å². The van der Waals surface area contributed by atoms with Crippen molar-refractivity contribution < 1.29 is 28.1 Å². The molecule has 0 bridgehead atoms. The summed E-state index contributed by atoms with van der Waals surface area (Å²) in [7, 11) is -3.93. The average Bonchev–Trinajstić information content (AvgIpc) is 3.30. The number of aromatic nitrogens is 2. The summed E-state index contributed by atoms with van der Waals surface area (Å²) < 4.78 is 38.6. The molecule has 1 heterocycles. The number of hydrogen-bond acceptors (Lipinski definition) is 7. The highest BCUT2D eigenvalue weighted by atomic mass is 35.5. The normalized spacial score (nSPS) is 13.5. The predicted octanol–water partition coefficient (Wildman–Crippen LogP) is 3.44. The quantitative estimate of drug-likeness (QED) is 0.362. The third-order valence-corrected chi connectivity index (χ3v) is 7.14. The highest BCUT2D eigenvalue weighted by molar-refractivity contribution is 7.91. The van der Waals surface area contributed by atoms with Crippen LogP contribution in [0.4, 0.5) is 0 Å². The molecular weight excluding hydrogens is 515 g/mol. The summed E-state index contributed by atoms with van der Waals surface area (Å²) in [6.07, 6.45) is 3.20. The molecule has 178 valence electrons. The first-order valence-electron chi connectivity index (χ1n) is 9.68. The van der Waals surface area contributed by atoms with Gasteiger partial charge < -0.3 is 24.3 Å². The Labute approximate surface area is 206 Å². The van der Waals surface area contributed by atoms with E-state index in [1.165, 1.54) is 36.4 Å². The van der Waals surface area contributed by atoms with Crippen LogP contribution in [-0.2, 0) is 16.4 Å². The molecule has 2 N–H and O–H groups in total. The van der Waals surface area contributed by atoms with Gasteiger partial charge in [-0.1, -0.05) is 23.2 Å². The Morgan fingerprint density at radius 2 is 1.48 bits per heavy atom. The van der Waals surface area contributed by atoms with E-state index in [0.717, 1.165) is 0 Å². The van der Waals surface area contributed by atoms with Gasteiger partial charge in [-0.25, -0.2) is 13.4 Å². The van der Waals surface area contributed by atoms with Gasteiger partial charge in [-0.2, -0.15) is 0 Å². The van der Waals surface area contributed by atoms with Crippen LogP contribution in [-0.4, -0.2) is 59.5 Å². The van der Waals surface area contributed by atoms with Crippen LogP contribution in [0.2, 0.25) is 10.0 Å². The molecule has 0 fully saturated rings. The van der Waals surface area contributed by atoms with Crippen molar-refractivity contribution in [3.63, 3.8) is 0 Å². The van der Waals surface area contributed by atoms with Gasteiger partial charge in [0.1, 0.15) is 36.9 Å². The molecule has 2 aromatic carbocycles. The topological polar surface area (TPSA) is 111 Å². The second-order valence-electron chi connectivity index (χ2n) is 7.03. The molecule has 3 rings (SSSR count). The number of sulfone groups is 1. The summed E-state index contributed by atoms with van der Waals surface area (Å²) in [6.45, 7) is 0.165. The number of nitrogens with zero attached hydrogens (tertiary/aromatic N) is 2. The molecule has 12 heteroatoms. The zero-order valence-corrected chi connectivity index (χ0v) is 20.2. The van der Waals surface area contributed by atoms with E-state index in [9.17, 15) is 18.6 Å². The first kappa shape index (κ1) is 25.6. The van der Waals surface area contributed by atoms with E-state index in [0.29, 0.717) is 0 Å². The number of halogens is 3. The molecule has 33 heavy (non-hydrogen) atoms. The Kier molecular flexibility index (Phi) is 8.86. The summed E-state index contributed by atoms with van der Waals surface area (Å²) in [6, 6.07) is 8.04. The Morgan fingerprint density at radius 3 is 1.94 bits per heavy atom. The van der Waals surface area contributed by atoms with Gasteiger partial charge in [-0.15, -0.1) is 11.6 Å². The Morgan fingerprint density at radius 1 is 0.939 bits per heavy atom. The number of aliphatic hydroxyl groups excluding tert-OH is 2. The van der Waals surface area contributed by atoms with Gasteiger partial charge in [-0.05, 0) is 36.4 Å². The molecule has 0 radical (unpaired) electrons. The molecule has 1 unspecified atom stereocenters. The van der Waals surface area contributed by atoms with Crippen molar-refractivity contribution in [3.8, 4) is 11.5 Å². The van der Waals surface area contributed by atoms with Crippen LogP contribution < -0.4 is 9.47 Å². The summed E-state index contributed by atoms with van der Waals surface area (Å²) >= 11 is 17.9.